The van der Waals surface area contributed by atoms with Crippen LogP contribution in [0.3, 0.4) is 0 Å². The first kappa shape index (κ1) is 17.1. The highest BCUT2D eigenvalue weighted by molar-refractivity contribution is 5.91. The third-order valence-electron chi connectivity index (χ3n) is 3.70. The van der Waals surface area contributed by atoms with E-state index in [1.54, 1.807) is 13.2 Å². The van der Waals surface area contributed by atoms with Crippen LogP contribution in [0.1, 0.15) is 16.2 Å². The average Bonchev–Trinajstić information content (AvgIpc) is 3.05. The zero-order valence-electron chi connectivity index (χ0n) is 14.4. The SMILES string of the molecule is Cc1cc(N2CCOCC2)nc(NCCNC(=O)c2cn(C)nn2)n1. The van der Waals surface area contributed by atoms with Crippen molar-refractivity contribution in [2.75, 3.05) is 49.6 Å². The van der Waals surface area contributed by atoms with Crippen molar-refractivity contribution in [2.45, 2.75) is 6.92 Å². The largest absolute Gasteiger partial charge is 0.378 e. The Morgan fingerprint density at radius 2 is 2.08 bits per heavy atom. The maximum atomic E-state index is 11.9. The fourth-order valence-corrected chi connectivity index (χ4v) is 2.48. The van der Waals surface area contributed by atoms with E-state index in [-0.39, 0.29) is 5.91 Å². The first-order valence-electron chi connectivity index (χ1n) is 8.18. The molecule has 10 heteroatoms. The molecule has 1 amide bonds. The molecule has 2 aromatic rings. The van der Waals surface area contributed by atoms with Crippen LogP contribution in [-0.4, -0.2) is 70.3 Å². The summed E-state index contributed by atoms with van der Waals surface area (Å²) in [5.41, 5.74) is 1.19. The summed E-state index contributed by atoms with van der Waals surface area (Å²) < 4.78 is 6.86. The summed E-state index contributed by atoms with van der Waals surface area (Å²) in [5, 5.41) is 13.4. The monoisotopic (exact) mass is 346 g/mol. The van der Waals surface area contributed by atoms with E-state index in [2.05, 4.69) is 35.8 Å². The number of hydrogen-bond acceptors (Lipinski definition) is 8. The quantitative estimate of drug-likeness (QED) is 0.680. The molecule has 0 bridgehead atoms. The molecular weight excluding hydrogens is 324 g/mol. The number of nitrogens with one attached hydrogen (secondary N) is 2. The molecule has 134 valence electrons. The number of nitrogens with zero attached hydrogens (tertiary/aromatic N) is 6. The van der Waals surface area contributed by atoms with Gasteiger partial charge >= 0.3 is 0 Å². The summed E-state index contributed by atoms with van der Waals surface area (Å²) in [7, 11) is 1.71. The topological polar surface area (TPSA) is 110 Å². The number of aryl methyl sites for hydroxylation is 2. The molecule has 1 saturated heterocycles. The normalized spacial score (nSPS) is 14.4. The molecule has 2 aromatic heterocycles. The van der Waals surface area contributed by atoms with Gasteiger partial charge in [-0.05, 0) is 6.92 Å². The molecule has 1 aliphatic heterocycles. The molecule has 0 radical (unpaired) electrons. The van der Waals surface area contributed by atoms with Crippen LogP contribution >= 0.6 is 0 Å². The van der Waals surface area contributed by atoms with E-state index >= 15 is 0 Å². The molecule has 1 aliphatic rings. The van der Waals surface area contributed by atoms with Crippen LogP contribution in [0, 0.1) is 6.92 Å². The van der Waals surface area contributed by atoms with Crippen LogP contribution in [0.2, 0.25) is 0 Å². The number of morpholine rings is 1. The predicted molar refractivity (Wildman–Crippen MR) is 91.6 cm³/mol. The van der Waals surface area contributed by atoms with Gasteiger partial charge in [0, 0.05) is 45.0 Å². The Labute approximate surface area is 145 Å². The highest BCUT2D eigenvalue weighted by Gasteiger charge is 2.14. The van der Waals surface area contributed by atoms with Crippen molar-refractivity contribution in [3.8, 4) is 0 Å². The first-order valence-corrected chi connectivity index (χ1v) is 8.18. The fourth-order valence-electron chi connectivity index (χ4n) is 2.48. The van der Waals surface area contributed by atoms with Crippen LogP contribution in [0.5, 0.6) is 0 Å². The van der Waals surface area contributed by atoms with Gasteiger partial charge in [-0.3, -0.25) is 9.48 Å². The van der Waals surface area contributed by atoms with E-state index in [9.17, 15) is 4.79 Å². The highest BCUT2D eigenvalue weighted by atomic mass is 16.5. The zero-order valence-corrected chi connectivity index (χ0v) is 14.4. The van der Waals surface area contributed by atoms with Crippen LogP contribution < -0.4 is 15.5 Å². The van der Waals surface area contributed by atoms with Crippen LogP contribution in [-0.2, 0) is 11.8 Å². The maximum absolute atomic E-state index is 11.9. The molecule has 1 fully saturated rings. The maximum Gasteiger partial charge on any atom is 0.273 e. The van der Waals surface area contributed by atoms with Gasteiger partial charge in [0.15, 0.2) is 5.69 Å². The summed E-state index contributed by atoms with van der Waals surface area (Å²) in [6.45, 7) is 5.94. The summed E-state index contributed by atoms with van der Waals surface area (Å²) in [6, 6.07) is 1.96. The smallest absolute Gasteiger partial charge is 0.273 e. The van der Waals surface area contributed by atoms with Gasteiger partial charge in [-0.15, -0.1) is 5.10 Å². The Morgan fingerprint density at radius 3 is 2.80 bits per heavy atom. The second-order valence-corrected chi connectivity index (χ2v) is 5.75. The van der Waals surface area contributed by atoms with Gasteiger partial charge in [-0.1, -0.05) is 5.21 Å². The van der Waals surface area contributed by atoms with Gasteiger partial charge in [0.1, 0.15) is 5.82 Å². The van der Waals surface area contributed by atoms with Gasteiger partial charge < -0.3 is 20.3 Å². The van der Waals surface area contributed by atoms with Crippen molar-refractivity contribution < 1.29 is 9.53 Å². The third-order valence-corrected chi connectivity index (χ3v) is 3.70. The Balaban J connectivity index is 1.51. The minimum atomic E-state index is -0.255. The second-order valence-electron chi connectivity index (χ2n) is 5.75. The molecule has 25 heavy (non-hydrogen) atoms. The lowest BCUT2D eigenvalue weighted by molar-refractivity contribution is 0.0950. The number of anilines is 2. The molecule has 0 saturated carbocycles. The number of aromatic nitrogens is 5. The number of carbonyl (C=O) groups is 1. The lowest BCUT2D eigenvalue weighted by atomic mass is 10.3. The van der Waals surface area contributed by atoms with Crippen molar-refractivity contribution in [3.63, 3.8) is 0 Å². The van der Waals surface area contributed by atoms with Gasteiger partial charge in [0.25, 0.3) is 5.91 Å². The van der Waals surface area contributed by atoms with Gasteiger partial charge in [-0.25, -0.2) is 4.98 Å². The lowest BCUT2D eigenvalue weighted by Crippen LogP contribution is -2.37. The van der Waals surface area contributed by atoms with Crippen LogP contribution in [0.25, 0.3) is 0 Å². The molecule has 0 atom stereocenters. The Kier molecular flexibility index (Phi) is 5.39. The van der Waals surface area contributed by atoms with Crippen molar-refractivity contribution in [1.29, 1.82) is 0 Å². The Bertz CT molecular complexity index is 726. The first-order chi connectivity index (χ1) is 12.1. The molecule has 2 N–H and O–H groups in total. The molecule has 0 unspecified atom stereocenters. The van der Waals surface area contributed by atoms with E-state index in [1.807, 2.05) is 13.0 Å². The van der Waals surface area contributed by atoms with Crippen molar-refractivity contribution in [1.82, 2.24) is 30.3 Å². The number of carbonyl (C=O) groups excluding carboxylic acids is 1. The summed E-state index contributed by atoms with van der Waals surface area (Å²) in [4.78, 5) is 23.0. The van der Waals surface area contributed by atoms with Gasteiger partial charge in [0.2, 0.25) is 5.95 Å². The number of amides is 1. The molecule has 0 aliphatic carbocycles. The Morgan fingerprint density at radius 1 is 1.28 bits per heavy atom. The summed E-state index contributed by atoms with van der Waals surface area (Å²) in [5.74, 6) is 1.19. The van der Waals surface area contributed by atoms with E-state index in [4.69, 9.17) is 4.74 Å². The molecule has 10 nitrogen and oxygen atoms in total. The highest BCUT2D eigenvalue weighted by Crippen LogP contribution is 2.15. The molecule has 0 aromatic carbocycles. The van der Waals surface area contributed by atoms with E-state index in [0.717, 1.165) is 24.6 Å². The van der Waals surface area contributed by atoms with E-state index in [1.165, 1.54) is 4.68 Å². The third kappa shape index (κ3) is 4.63. The van der Waals surface area contributed by atoms with Gasteiger partial charge in [0.05, 0.1) is 19.4 Å². The van der Waals surface area contributed by atoms with Crippen molar-refractivity contribution in [3.05, 3.63) is 23.7 Å². The molecular formula is C15H22N8O2. The molecule has 3 heterocycles. The van der Waals surface area contributed by atoms with Crippen LogP contribution in [0.4, 0.5) is 11.8 Å². The summed E-state index contributed by atoms with van der Waals surface area (Å²) in [6.07, 6.45) is 1.57. The number of rotatable bonds is 6. The predicted octanol–water partition coefficient (Wildman–Crippen LogP) is -0.408. The zero-order chi connectivity index (χ0) is 17.6. The van der Waals surface area contributed by atoms with Gasteiger partial charge in [-0.2, -0.15) is 4.98 Å². The molecule has 3 rings (SSSR count). The number of hydrogen-bond donors (Lipinski definition) is 2. The Hall–Kier alpha value is -2.75. The van der Waals surface area contributed by atoms with E-state index in [0.29, 0.717) is 37.9 Å². The standard InChI is InChI=1S/C15H22N8O2/c1-11-9-13(23-5-7-25-8-6-23)19-15(18-11)17-4-3-16-14(24)12-10-22(2)21-20-12/h9-10H,3-8H2,1-2H3,(H,16,24)(H,17,18,19). The minimum absolute atomic E-state index is 0.255. The molecule has 0 spiro atoms. The lowest BCUT2D eigenvalue weighted by Gasteiger charge is -2.28. The fraction of sp³-hybridized carbons (Fsp3) is 0.533. The number of ether oxygens (including phenoxy) is 1. The van der Waals surface area contributed by atoms with Crippen molar-refractivity contribution >= 4 is 17.7 Å². The second kappa shape index (κ2) is 7.88. The minimum Gasteiger partial charge on any atom is -0.378 e. The average molecular weight is 346 g/mol. The van der Waals surface area contributed by atoms with Crippen molar-refractivity contribution in [2.24, 2.45) is 7.05 Å². The van der Waals surface area contributed by atoms with E-state index < -0.39 is 0 Å². The van der Waals surface area contributed by atoms with Crippen LogP contribution in [0.15, 0.2) is 12.3 Å². The summed E-state index contributed by atoms with van der Waals surface area (Å²) >= 11 is 0.